The van der Waals surface area contributed by atoms with Gasteiger partial charge in [-0.1, -0.05) is 23.7 Å². The summed E-state index contributed by atoms with van der Waals surface area (Å²) in [7, 11) is -3.69. The number of halogens is 1. The van der Waals surface area contributed by atoms with Gasteiger partial charge in [0.2, 0.25) is 0 Å². The van der Waals surface area contributed by atoms with Crippen molar-refractivity contribution < 1.29 is 8.42 Å². The minimum Gasteiger partial charge on any atom is -0.280 e. The number of nitriles is 1. The summed E-state index contributed by atoms with van der Waals surface area (Å²) in [4.78, 5) is 0.256. The number of nitrogens with one attached hydrogen (secondary N) is 1. The van der Waals surface area contributed by atoms with Gasteiger partial charge in [0.1, 0.15) is 0 Å². The molecule has 0 aromatic heterocycles. The number of anilines is 1. The molecule has 2 aromatic carbocycles. The first-order chi connectivity index (χ1) is 10.9. The van der Waals surface area contributed by atoms with Crippen molar-refractivity contribution in [1.29, 1.82) is 5.26 Å². The topological polar surface area (TPSA) is 70.0 Å². The molecule has 0 unspecified atom stereocenters. The molecule has 0 fully saturated rings. The normalized spacial score (nSPS) is 13.2. The lowest BCUT2D eigenvalue weighted by molar-refractivity contribution is 0.610. The summed E-state index contributed by atoms with van der Waals surface area (Å²) in [5.41, 5.74) is 3.25. The standard InChI is InChI=1S/C17H13ClN2O2S/c1-11-8-15(5-2-13(11)10-19)20-23(21,22)17-7-3-12-9-14(18)4-6-16(12)17/h2,4-9,20H,3H2,1H3. The molecular formula is C17H13ClN2O2S. The molecular weight excluding hydrogens is 332 g/mol. The van der Waals surface area contributed by atoms with Gasteiger partial charge in [-0.3, -0.25) is 4.72 Å². The molecule has 2 aromatic rings. The molecule has 0 saturated heterocycles. The van der Waals surface area contributed by atoms with E-state index in [1.807, 2.05) is 0 Å². The first-order valence-corrected chi connectivity index (χ1v) is 8.79. The predicted molar refractivity (Wildman–Crippen MR) is 91.6 cm³/mol. The zero-order chi connectivity index (χ0) is 16.6. The Labute approximate surface area is 140 Å². The maximum atomic E-state index is 12.6. The summed E-state index contributed by atoms with van der Waals surface area (Å²) in [6.45, 7) is 1.77. The van der Waals surface area contributed by atoms with Gasteiger partial charge in [0, 0.05) is 10.7 Å². The maximum Gasteiger partial charge on any atom is 0.262 e. The highest BCUT2D eigenvalue weighted by Gasteiger charge is 2.25. The molecule has 3 rings (SSSR count). The van der Waals surface area contributed by atoms with Crippen LogP contribution in [0, 0.1) is 18.3 Å². The Bertz CT molecular complexity index is 973. The van der Waals surface area contributed by atoms with E-state index in [4.69, 9.17) is 16.9 Å². The molecule has 4 nitrogen and oxygen atoms in total. The van der Waals surface area contributed by atoms with Crippen molar-refractivity contribution in [3.8, 4) is 6.07 Å². The van der Waals surface area contributed by atoms with E-state index in [0.717, 1.165) is 11.1 Å². The third-order valence-electron chi connectivity index (χ3n) is 3.73. The zero-order valence-electron chi connectivity index (χ0n) is 12.3. The Morgan fingerprint density at radius 1 is 1.22 bits per heavy atom. The number of benzene rings is 2. The molecule has 0 radical (unpaired) electrons. The first kappa shape index (κ1) is 15.6. The highest BCUT2D eigenvalue weighted by atomic mass is 35.5. The molecule has 0 aliphatic heterocycles. The van der Waals surface area contributed by atoms with E-state index in [0.29, 0.717) is 28.3 Å². The van der Waals surface area contributed by atoms with E-state index in [2.05, 4.69) is 10.8 Å². The third kappa shape index (κ3) is 2.96. The fraction of sp³-hybridized carbons (Fsp3) is 0.118. The zero-order valence-corrected chi connectivity index (χ0v) is 13.9. The van der Waals surface area contributed by atoms with Crippen molar-refractivity contribution in [2.24, 2.45) is 0 Å². The molecule has 0 bridgehead atoms. The van der Waals surface area contributed by atoms with Crippen LogP contribution in [0.1, 0.15) is 22.3 Å². The van der Waals surface area contributed by atoms with Crippen molar-refractivity contribution in [3.05, 3.63) is 69.8 Å². The van der Waals surface area contributed by atoms with Crippen LogP contribution in [0.2, 0.25) is 5.02 Å². The molecule has 0 atom stereocenters. The Kier molecular flexibility index (Phi) is 3.88. The molecule has 1 aliphatic rings. The van der Waals surface area contributed by atoms with E-state index in [1.165, 1.54) is 0 Å². The molecule has 0 heterocycles. The molecule has 0 amide bonds. The minimum atomic E-state index is -3.69. The average molecular weight is 345 g/mol. The minimum absolute atomic E-state index is 0.256. The summed E-state index contributed by atoms with van der Waals surface area (Å²) < 4.78 is 27.8. The first-order valence-electron chi connectivity index (χ1n) is 6.93. The van der Waals surface area contributed by atoms with E-state index in [9.17, 15) is 8.42 Å². The fourth-order valence-electron chi connectivity index (χ4n) is 2.60. The highest BCUT2D eigenvalue weighted by Crippen LogP contribution is 2.34. The van der Waals surface area contributed by atoms with Gasteiger partial charge in [0.05, 0.1) is 16.5 Å². The largest absolute Gasteiger partial charge is 0.280 e. The lowest BCUT2D eigenvalue weighted by atomic mass is 10.1. The molecule has 1 N–H and O–H groups in total. The van der Waals surface area contributed by atoms with Crippen molar-refractivity contribution in [1.82, 2.24) is 0 Å². The van der Waals surface area contributed by atoms with Crippen molar-refractivity contribution in [2.45, 2.75) is 13.3 Å². The Hall–Kier alpha value is -2.29. The number of fused-ring (bicyclic) bond motifs is 1. The Balaban J connectivity index is 1.93. The van der Waals surface area contributed by atoms with Crippen LogP contribution in [0.5, 0.6) is 0 Å². The van der Waals surface area contributed by atoms with Gasteiger partial charge in [0.25, 0.3) is 10.0 Å². The van der Waals surface area contributed by atoms with Crippen molar-refractivity contribution in [3.63, 3.8) is 0 Å². The highest BCUT2D eigenvalue weighted by molar-refractivity contribution is 8.01. The van der Waals surface area contributed by atoms with Crippen LogP contribution < -0.4 is 4.72 Å². The molecule has 23 heavy (non-hydrogen) atoms. The number of sulfonamides is 1. The fourth-order valence-corrected chi connectivity index (χ4v) is 4.13. The van der Waals surface area contributed by atoms with Gasteiger partial charge in [0.15, 0.2) is 0 Å². The van der Waals surface area contributed by atoms with Gasteiger partial charge in [-0.2, -0.15) is 5.26 Å². The van der Waals surface area contributed by atoms with Gasteiger partial charge >= 0.3 is 0 Å². The Morgan fingerprint density at radius 3 is 2.70 bits per heavy atom. The average Bonchev–Trinajstić information content (AvgIpc) is 2.90. The van der Waals surface area contributed by atoms with E-state index in [-0.39, 0.29) is 4.91 Å². The predicted octanol–water partition coefficient (Wildman–Crippen LogP) is 3.86. The van der Waals surface area contributed by atoms with Crippen molar-refractivity contribution in [2.75, 3.05) is 4.72 Å². The van der Waals surface area contributed by atoms with Crippen LogP contribution in [-0.2, 0) is 16.4 Å². The molecule has 6 heteroatoms. The van der Waals surface area contributed by atoms with Crippen molar-refractivity contribution >= 4 is 32.2 Å². The summed E-state index contributed by atoms with van der Waals surface area (Å²) in [5, 5.41) is 9.53. The molecule has 0 spiro atoms. The van der Waals surface area contributed by atoms with Crippen LogP contribution in [0.25, 0.3) is 4.91 Å². The summed E-state index contributed by atoms with van der Waals surface area (Å²) >= 11 is 5.95. The van der Waals surface area contributed by atoms with Crippen LogP contribution in [0.4, 0.5) is 5.69 Å². The Morgan fingerprint density at radius 2 is 2.00 bits per heavy atom. The van der Waals surface area contributed by atoms with Gasteiger partial charge < -0.3 is 0 Å². The number of hydrogen-bond donors (Lipinski definition) is 1. The van der Waals surface area contributed by atoms with Gasteiger partial charge in [-0.05, 0) is 60.4 Å². The number of allylic oxidation sites excluding steroid dienone is 1. The van der Waals surface area contributed by atoms with E-state index >= 15 is 0 Å². The van der Waals surface area contributed by atoms with Crippen LogP contribution in [-0.4, -0.2) is 8.42 Å². The second-order valence-electron chi connectivity index (χ2n) is 5.32. The second-order valence-corrected chi connectivity index (χ2v) is 7.41. The van der Waals surface area contributed by atoms with E-state index < -0.39 is 10.0 Å². The maximum absolute atomic E-state index is 12.6. The van der Waals surface area contributed by atoms with Gasteiger partial charge in [-0.15, -0.1) is 0 Å². The van der Waals surface area contributed by atoms with Crippen LogP contribution >= 0.6 is 11.6 Å². The lowest BCUT2D eigenvalue weighted by Gasteiger charge is -2.11. The summed E-state index contributed by atoms with van der Waals surface area (Å²) in [6.07, 6.45) is 2.22. The molecule has 1 aliphatic carbocycles. The number of rotatable bonds is 3. The van der Waals surface area contributed by atoms with Crippen LogP contribution in [0.3, 0.4) is 0 Å². The second kappa shape index (κ2) is 5.73. The number of nitrogens with zero attached hydrogens (tertiary/aromatic N) is 1. The molecule has 116 valence electrons. The summed E-state index contributed by atoms with van der Waals surface area (Å²) in [6, 6.07) is 12.1. The smallest absolute Gasteiger partial charge is 0.262 e. The summed E-state index contributed by atoms with van der Waals surface area (Å²) in [5.74, 6) is 0. The van der Waals surface area contributed by atoms with E-state index in [1.54, 1.807) is 49.4 Å². The number of aryl methyl sites for hydroxylation is 1. The third-order valence-corrected chi connectivity index (χ3v) is 5.43. The lowest BCUT2D eigenvalue weighted by Crippen LogP contribution is -2.13. The van der Waals surface area contributed by atoms with Crippen LogP contribution in [0.15, 0.2) is 42.5 Å². The SMILES string of the molecule is Cc1cc(NS(=O)(=O)C2=CCc3cc(Cl)ccc32)ccc1C#N. The monoisotopic (exact) mass is 344 g/mol. The number of hydrogen-bond acceptors (Lipinski definition) is 3. The molecule has 0 saturated carbocycles. The van der Waals surface area contributed by atoms with Gasteiger partial charge in [-0.25, -0.2) is 8.42 Å². The quantitative estimate of drug-likeness (QED) is 0.919.